The molecule has 0 saturated heterocycles. The maximum absolute atomic E-state index is 12.5. The van der Waals surface area contributed by atoms with Gasteiger partial charge in [-0.3, -0.25) is 4.79 Å². The largest absolute Gasteiger partial charge is 0.350 e. The van der Waals surface area contributed by atoms with Gasteiger partial charge in [0.25, 0.3) is 5.91 Å². The minimum atomic E-state index is -0.250. The third kappa shape index (κ3) is 4.25. The fourth-order valence-electron chi connectivity index (χ4n) is 2.53. The van der Waals surface area contributed by atoms with Crippen LogP contribution < -0.4 is 10.6 Å². The zero-order valence-electron chi connectivity index (χ0n) is 15.2. The molecule has 3 rings (SSSR count). The lowest BCUT2D eigenvalue weighted by Gasteiger charge is -2.11. The van der Waals surface area contributed by atoms with Crippen molar-refractivity contribution < 1.29 is 4.79 Å². The van der Waals surface area contributed by atoms with Crippen molar-refractivity contribution >= 4 is 17.5 Å². The third-order valence-corrected chi connectivity index (χ3v) is 4.31. The summed E-state index contributed by atoms with van der Waals surface area (Å²) in [6, 6.07) is 15.7. The Labute approximate surface area is 153 Å². The molecule has 5 nitrogen and oxygen atoms in total. The zero-order chi connectivity index (χ0) is 18.5. The van der Waals surface area contributed by atoms with Crippen molar-refractivity contribution in [2.75, 3.05) is 10.6 Å². The van der Waals surface area contributed by atoms with Crippen molar-refractivity contribution in [1.29, 1.82) is 0 Å². The lowest BCUT2D eigenvalue weighted by Crippen LogP contribution is -2.16. The van der Waals surface area contributed by atoms with Crippen LogP contribution in [-0.4, -0.2) is 15.9 Å². The molecule has 0 saturated carbocycles. The zero-order valence-corrected chi connectivity index (χ0v) is 15.2. The van der Waals surface area contributed by atoms with Crippen LogP contribution in [0, 0.1) is 20.8 Å². The summed E-state index contributed by atoms with van der Waals surface area (Å²) >= 11 is 0. The SMILES string of the molecule is Cc1ccc(CNc2nccc(C(=O)Nc3cccc(C)c3C)n2)cc1. The molecule has 5 heteroatoms. The molecule has 0 aliphatic rings. The molecule has 1 amide bonds. The van der Waals surface area contributed by atoms with Crippen LogP contribution in [0.15, 0.2) is 54.7 Å². The standard InChI is InChI=1S/C21H22N4O/c1-14-7-9-17(10-8-14)13-23-21-22-12-11-19(25-21)20(26)24-18-6-4-5-15(2)16(18)3/h4-12H,13H2,1-3H3,(H,24,26)(H,22,23,25). The average Bonchev–Trinajstić information content (AvgIpc) is 2.65. The van der Waals surface area contributed by atoms with Gasteiger partial charge in [0.2, 0.25) is 5.95 Å². The van der Waals surface area contributed by atoms with E-state index in [9.17, 15) is 4.79 Å². The van der Waals surface area contributed by atoms with Gasteiger partial charge in [-0.1, -0.05) is 42.0 Å². The van der Waals surface area contributed by atoms with Crippen LogP contribution >= 0.6 is 0 Å². The lowest BCUT2D eigenvalue weighted by atomic mass is 10.1. The number of anilines is 2. The number of nitrogens with one attached hydrogen (secondary N) is 2. The Balaban J connectivity index is 1.69. The molecule has 3 aromatic rings. The van der Waals surface area contributed by atoms with Gasteiger partial charge in [-0.25, -0.2) is 9.97 Å². The predicted molar refractivity (Wildman–Crippen MR) is 104 cm³/mol. The van der Waals surface area contributed by atoms with Crippen molar-refractivity contribution in [1.82, 2.24) is 9.97 Å². The smallest absolute Gasteiger partial charge is 0.274 e. The van der Waals surface area contributed by atoms with E-state index in [0.29, 0.717) is 18.2 Å². The van der Waals surface area contributed by atoms with Gasteiger partial charge >= 0.3 is 0 Å². The first-order valence-electron chi connectivity index (χ1n) is 8.53. The van der Waals surface area contributed by atoms with Gasteiger partial charge in [0.05, 0.1) is 0 Å². The van der Waals surface area contributed by atoms with Gasteiger partial charge < -0.3 is 10.6 Å². The van der Waals surface area contributed by atoms with E-state index in [4.69, 9.17) is 0 Å². The summed E-state index contributed by atoms with van der Waals surface area (Å²) in [5.74, 6) is 0.179. The molecule has 0 radical (unpaired) electrons. The molecular formula is C21H22N4O. The van der Waals surface area contributed by atoms with Crippen molar-refractivity contribution in [2.45, 2.75) is 27.3 Å². The Kier molecular flexibility index (Phi) is 5.27. The molecule has 132 valence electrons. The first kappa shape index (κ1) is 17.6. The van der Waals surface area contributed by atoms with Crippen molar-refractivity contribution in [3.05, 3.63) is 82.7 Å². The molecule has 0 aliphatic carbocycles. The lowest BCUT2D eigenvalue weighted by molar-refractivity contribution is 0.102. The summed E-state index contributed by atoms with van der Waals surface area (Å²) in [4.78, 5) is 21.0. The minimum Gasteiger partial charge on any atom is -0.350 e. The second-order valence-electron chi connectivity index (χ2n) is 6.31. The summed E-state index contributed by atoms with van der Waals surface area (Å²) in [6.07, 6.45) is 1.59. The Hall–Kier alpha value is -3.21. The summed E-state index contributed by atoms with van der Waals surface area (Å²) in [6.45, 7) is 6.66. The first-order valence-corrected chi connectivity index (χ1v) is 8.53. The van der Waals surface area contributed by atoms with Crippen LogP contribution in [0.1, 0.15) is 32.7 Å². The molecule has 1 heterocycles. The molecule has 0 spiro atoms. The van der Waals surface area contributed by atoms with E-state index in [1.807, 2.05) is 32.0 Å². The number of nitrogens with zero attached hydrogens (tertiary/aromatic N) is 2. The maximum Gasteiger partial charge on any atom is 0.274 e. The van der Waals surface area contributed by atoms with E-state index >= 15 is 0 Å². The quantitative estimate of drug-likeness (QED) is 0.724. The molecule has 1 aromatic heterocycles. The molecule has 0 unspecified atom stereocenters. The van der Waals surface area contributed by atoms with E-state index in [1.54, 1.807) is 12.3 Å². The highest BCUT2D eigenvalue weighted by Crippen LogP contribution is 2.18. The Morgan fingerprint density at radius 1 is 1.00 bits per heavy atom. The molecule has 0 aliphatic heterocycles. The summed E-state index contributed by atoms with van der Waals surface area (Å²) in [5.41, 5.74) is 5.65. The van der Waals surface area contributed by atoms with E-state index in [0.717, 1.165) is 22.4 Å². The Morgan fingerprint density at radius 3 is 2.54 bits per heavy atom. The topological polar surface area (TPSA) is 66.9 Å². The molecule has 0 atom stereocenters. The molecular weight excluding hydrogens is 324 g/mol. The van der Waals surface area contributed by atoms with Crippen molar-refractivity contribution in [2.24, 2.45) is 0 Å². The highest BCUT2D eigenvalue weighted by molar-refractivity contribution is 6.03. The van der Waals surface area contributed by atoms with Gasteiger partial charge in [-0.05, 0) is 49.6 Å². The van der Waals surface area contributed by atoms with Crippen LogP contribution in [0.3, 0.4) is 0 Å². The molecule has 2 N–H and O–H groups in total. The maximum atomic E-state index is 12.5. The number of aromatic nitrogens is 2. The normalized spacial score (nSPS) is 10.4. The summed E-state index contributed by atoms with van der Waals surface area (Å²) < 4.78 is 0. The number of carbonyl (C=O) groups excluding carboxylic acids is 1. The van der Waals surface area contributed by atoms with Crippen LogP contribution in [-0.2, 0) is 6.54 Å². The Bertz CT molecular complexity index is 920. The highest BCUT2D eigenvalue weighted by atomic mass is 16.1. The summed E-state index contributed by atoms with van der Waals surface area (Å²) in [5, 5.41) is 6.08. The average molecular weight is 346 g/mol. The second kappa shape index (κ2) is 7.78. The van der Waals surface area contributed by atoms with Crippen LogP contribution in [0.25, 0.3) is 0 Å². The number of rotatable bonds is 5. The fourth-order valence-corrected chi connectivity index (χ4v) is 2.53. The number of benzene rings is 2. The van der Waals surface area contributed by atoms with Gasteiger partial charge in [0.15, 0.2) is 0 Å². The second-order valence-corrected chi connectivity index (χ2v) is 6.31. The van der Waals surface area contributed by atoms with Crippen LogP contribution in [0.4, 0.5) is 11.6 Å². The molecule has 0 bridgehead atoms. The predicted octanol–water partition coefficient (Wildman–Crippen LogP) is 4.27. The van der Waals surface area contributed by atoms with E-state index in [-0.39, 0.29) is 5.91 Å². The minimum absolute atomic E-state index is 0.250. The van der Waals surface area contributed by atoms with Crippen LogP contribution in [0.2, 0.25) is 0 Å². The molecule has 0 fully saturated rings. The van der Waals surface area contributed by atoms with Crippen molar-refractivity contribution in [3.8, 4) is 0 Å². The highest BCUT2D eigenvalue weighted by Gasteiger charge is 2.11. The van der Waals surface area contributed by atoms with Gasteiger partial charge in [0.1, 0.15) is 5.69 Å². The van der Waals surface area contributed by atoms with Gasteiger partial charge in [0, 0.05) is 18.4 Å². The molecule has 2 aromatic carbocycles. The number of hydrogen-bond donors (Lipinski definition) is 2. The van der Waals surface area contributed by atoms with E-state index in [1.165, 1.54) is 5.56 Å². The Morgan fingerprint density at radius 2 is 1.77 bits per heavy atom. The third-order valence-electron chi connectivity index (χ3n) is 4.31. The van der Waals surface area contributed by atoms with Gasteiger partial charge in [-0.15, -0.1) is 0 Å². The monoisotopic (exact) mass is 346 g/mol. The summed E-state index contributed by atoms with van der Waals surface area (Å²) in [7, 11) is 0. The first-order chi connectivity index (χ1) is 12.5. The van der Waals surface area contributed by atoms with E-state index in [2.05, 4.69) is 51.8 Å². The fraction of sp³-hybridized carbons (Fsp3) is 0.190. The number of amides is 1. The number of aryl methyl sites for hydroxylation is 2. The van der Waals surface area contributed by atoms with Gasteiger partial charge in [-0.2, -0.15) is 0 Å². The number of hydrogen-bond acceptors (Lipinski definition) is 4. The molecule has 26 heavy (non-hydrogen) atoms. The van der Waals surface area contributed by atoms with Crippen molar-refractivity contribution in [3.63, 3.8) is 0 Å². The van der Waals surface area contributed by atoms with Crippen LogP contribution in [0.5, 0.6) is 0 Å². The van der Waals surface area contributed by atoms with E-state index < -0.39 is 0 Å². The number of carbonyl (C=O) groups is 1.